The maximum atomic E-state index is 12.1. The van der Waals surface area contributed by atoms with Crippen LogP contribution in [-0.4, -0.2) is 37.1 Å². The molecule has 132 valence electrons. The predicted octanol–water partition coefficient (Wildman–Crippen LogP) is 2.56. The van der Waals surface area contributed by atoms with E-state index in [4.69, 9.17) is 10.5 Å². The molecule has 7 heteroatoms. The van der Waals surface area contributed by atoms with E-state index in [1.807, 2.05) is 12.1 Å². The van der Waals surface area contributed by atoms with Crippen LogP contribution in [0.15, 0.2) is 18.2 Å². The summed E-state index contributed by atoms with van der Waals surface area (Å²) < 4.78 is 5.16. The molecule has 1 atom stereocenters. The minimum Gasteiger partial charge on any atom is -0.380 e. The molecule has 23 heavy (non-hydrogen) atoms. The van der Waals surface area contributed by atoms with Gasteiger partial charge in [0.15, 0.2) is 0 Å². The molecule has 5 nitrogen and oxygen atoms in total. The van der Waals surface area contributed by atoms with Crippen molar-refractivity contribution in [3.05, 3.63) is 29.3 Å². The third kappa shape index (κ3) is 5.94. The van der Waals surface area contributed by atoms with Crippen LogP contribution in [0.25, 0.3) is 0 Å². The van der Waals surface area contributed by atoms with Gasteiger partial charge < -0.3 is 15.8 Å². The predicted molar refractivity (Wildman–Crippen MR) is 98.4 cm³/mol. The van der Waals surface area contributed by atoms with Crippen LogP contribution in [0.1, 0.15) is 30.9 Å². The standard InChI is InChI=1S/C16H25N3O2.2ClH/c1-3-7-19-10-12-5-4-6-15(14(12)11-19)18-16(20)8-13(9-17)21-2;;/h4-6,13H,3,7-11,17H2,1-2H3,(H,18,20);2*1H. The Kier molecular flexibility index (Phi) is 10.4. The summed E-state index contributed by atoms with van der Waals surface area (Å²) in [5.74, 6) is -0.0466. The van der Waals surface area contributed by atoms with Crippen LogP contribution in [0, 0.1) is 0 Å². The fourth-order valence-electron chi connectivity index (χ4n) is 2.75. The number of fused-ring (bicyclic) bond motifs is 1. The molecule has 1 heterocycles. The lowest BCUT2D eigenvalue weighted by molar-refractivity contribution is -0.118. The van der Waals surface area contributed by atoms with Gasteiger partial charge in [0, 0.05) is 32.4 Å². The quantitative estimate of drug-likeness (QED) is 0.780. The Hall–Kier alpha value is -0.850. The molecule has 0 spiro atoms. The third-order valence-corrected chi connectivity index (χ3v) is 3.87. The SMILES string of the molecule is CCCN1Cc2cccc(NC(=O)CC(CN)OC)c2C1.Cl.Cl. The van der Waals surface area contributed by atoms with Crippen LogP contribution >= 0.6 is 24.8 Å². The van der Waals surface area contributed by atoms with Gasteiger partial charge in [0.2, 0.25) is 5.91 Å². The molecular formula is C16H27Cl2N3O2. The minimum absolute atomic E-state index is 0. The zero-order valence-electron chi connectivity index (χ0n) is 13.7. The van der Waals surface area contributed by atoms with E-state index in [0.29, 0.717) is 6.54 Å². The molecule has 0 fully saturated rings. The van der Waals surface area contributed by atoms with Crippen molar-refractivity contribution in [2.75, 3.05) is 25.5 Å². The lowest BCUT2D eigenvalue weighted by Gasteiger charge is -2.15. The van der Waals surface area contributed by atoms with Crippen molar-refractivity contribution in [3.8, 4) is 0 Å². The number of amides is 1. The normalized spacial score (nSPS) is 14.4. The molecule has 0 saturated heterocycles. The van der Waals surface area contributed by atoms with E-state index in [-0.39, 0.29) is 43.2 Å². The van der Waals surface area contributed by atoms with Crippen molar-refractivity contribution in [1.29, 1.82) is 0 Å². The number of nitrogens with two attached hydrogens (primary N) is 1. The van der Waals surface area contributed by atoms with E-state index in [1.165, 1.54) is 11.1 Å². The highest BCUT2D eigenvalue weighted by Crippen LogP contribution is 2.29. The first-order chi connectivity index (χ1) is 10.2. The molecular weight excluding hydrogens is 337 g/mol. The number of halogens is 2. The summed E-state index contributed by atoms with van der Waals surface area (Å²) in [4.78, 5) is 14.5. The molecule has 1 unspecified atom stereocenters. The smallest absolute Gasteiger partial charge is 0.227 e. The number of nitrogens with one attached hydrogen (secondary N) is 1. The van der Waals surface area contributed by atoms with Gasteiger partial charge in [-0.25, -0.2) is 0 Å². The van der Waals surface area contributed by atoms with Gasteiger partial charge in [0.1, 0.15) is 0 Å². The fraction of sp³-hybridized carbons (Fsp3) is 0.562. The Bertz CT molecular complexity index is 496. The lowest BCUT2D eigenvalue weighted by Crippen LogP contribution is -2.28. The number of methoxy groups -OCH3 is 1. The highest BCUT2D eigenvalue weighted by atomic mass is 35.5. The van der Waals surface area contributed by atoms with Gasteiger partial charge in [-0.3, -0.25) is 9.69 Å². The molecule has 1 aliphatic rings. The number of carbonyl (C=O) groups excluding carboxylic acids is 1. The average Bonchev–Trinajstić information content (AvgIpc) is 2.89. The molecule has 0 aliphatic carbocycles. The summed E-state index contributed by atoms with van der Waals surface area (Å²) in [6.45, 7) is 5.49. The van der Waals surface area contributed by atoms with Crippen molar-refractivity contribution in [2.24, 2.45) is 5.73 Å². The van der Waals surface area contributed by atoms with Crippen LogP contribution in [-0.2, 0) is 22.6 Å². The molecule has 0 saturated carbocycles. The van der Waals surface area contributed by atoms with Crippen molar-refractivity contribution in [3.63, 3.8) is 0 Å². The van der Waals surface area contributed by atoms with Crippen molar-refractivity contribution in [1.82, 2.24) is 4.90 Å². The van der Waals surface area contributed by atoms with Gasteiger partial charge >= 0.3 is 0 Å². The average molecular weight is 364 g/mol. The first-order valence-corrected chi connectivity index (χ1v) is 7.53. The van der Waals surface area contributed by atoms with Gasteiger partial charge in [-0.1, -0.05) is 19.1 Å². The summed E-state index contributed by atoms with van der Waals surface area (Å²) in [6, 6.07) is 6.11. The highest BCUT2D eigenvalue weighted by molar-refractivity contribution is 5.92. The highest BCUT2D eigenvalue weighted by Gasteiger charge is 2.22. The number of ether oxygens (including phenoxy) is 1. The van der Waals surface area contributed by atoms with E-state index < -0.39 is 0 Å². The van der Waals surface area contributed by atoms with E-state index in [2.05, 4.69) is 23.2 Å². The van der Waals surface area contributed by atoms with Gasteiger partial charge in [-0.15, -0.1) is 24.8 Å². The summed E-state index contributed by atoms with van der Waals surface area (Å²) in [5.41, 5.74) is 9.02. The second kappa shape index (κ2) is 10.8. The lowest BCUT2D eigenvalue weighted by atomic mass is 10.1. The van der Waals surface area contributed by atoms with E-state index >= 15 is 0 Å². The van der Waals surface area contributed by atoms with E-state index in [0.717, 1.165) is 31.7 Å². The zero-order valence-corrected chi connectivity index (χ0v) is 15.3. The van der Waals surface area contributed by atoms with Crippen molar-refractivity contribution < 1.29 is 9.53 Å². The number of nitrogens with zero attached hydrogens (tertiary/aromatic N) is 1. The van der Waals surface area contributed by atoms with Gasteiger partial charge in [-0.05, 0) is 30.2 Å². The molecule has 1 aromatic rings. The largest absolute Gasteiger partial charge is 0.380 e. The van der Waals surface area contributed by atoms with Crippen LogP contribution in [0.4, 0.5) is 5.69 Å². The summed E-state index contributed by atoms with van der Waals surface area (Å²) in [6.07, 6.45) is 1.20. The van der Waals surface area contributed by atoms with E-state index in [9.17, 15) is 4.79 Å². The number of anilines is 1. The number of carbonyl (C=O) groups is 1. The van der Waals surface area contributed by atoms with E-state index in [1.54, 1.807) is 7.11 Å². The summed E-state index contributed by atoms with van der Waals surface area (Å²) in [7, 11) is 1.58. The number of hydrogen-bond donors (Lipinski definition) is 2. The summed E-state index contributed by atoms with van der Waals surface area (Å²) in [5, 5.41) is 3.00. The number of benzene rings is 1. The van der Waals surface area contributed by atoms with Crippen LogP contribution in [0.2, 0.25) is 0 Å². The maximum absolute atomic E-state index is 12.1. The Morgan fingerprint density at radius 1 is 1.39 bits per heavy atom. The van der Waals surface area contributed by atoms with Gasteiger partial charge in [-0.2, -0.15) is 0 Å². The monoisotopic (exact) mass is 363 g/mol. The van der Waals surface area contributed by atoms with Crippen LogP contribution < -0.4 is 11.1 Å². The minimum atomic E-state index is -0.224. The Morgan fingerprint density at radius 3 is 2.74 bits per heavy atom. The molecule has 1 aromatic carbocycles. The molecule has 1 aliphatic heterocycles. The van der Waals surface area contributed by atoms with Crippen molar-refractivity contribution >= 4 is 36.4 Å². The van der Waals surface area contributed by atoms with Crippen LogP contribution in [0.5, 0.6) is 0 Å². The fourth-order valence-corrected chi connectivity index (χ4v) is 2.75. The van der Waals surface area contributed by atoms with Gasteiger partial charge in [0.05, 0.1) is 12.5 Å². The van der Waals surface area contributed by atoms with Crippen molar-refractivity contribution in [2.45, 2.75) is 39.0 Å². The zero-order chi connectivity index (χ0) is 15.2. The molecule has 2 rings (SSSR count). The first-order valence-electron chi connectivity index (χ1n) is 7.53. The molecule has 0 bridgehead atoms. The molecule has 3 N–H and O–H groups in total. The molecule has 0 radical (unpaired) electrons. The first kappa shape index (κ1) is 22.1. The van der Waals surface area contributed by atoms with Gasteiger partial charge in [0.25, 0.3) is 0 Å². The van der Waals surface area contributed by atoms with Crippen LogP contribution in [0.3, 0.4) is 0 Å². The number of hydrogen-bond acceptors (Lipinski definition) is 4. The Balaban J connectivity index is 0.00000242. The Morgan fingerprint density at radius 2 is 2.13 bits per heavy atom. The second-order valence-corrected chi connectivity index (χ2v) is 5.50. The third-order valence-electron chi connectivity index (χ3n) is 3.87. The Labute approximate surface area is 150 Å². The topological polar surface area (TPSA) is 67.6 Å². The molecule has 1 amide bonds. The number of rotatable bonds is 7. The maximum Gasteiger partial charge on any atom is 0.227 e. The molecule has 0 aromatic heterocycles. The second-order valence-electron chi connectivity index (χ2n) is 5.50. The summed E-state index contributed by atoms with van der Waals surface area (Å²) >= 11 is 0.